The number of hydrogen-bond acceptors (Lipinski definition) is 5. The maximum Gasteiger partial charge on any atom is 0.260 e. The van der Waals surface area contributed by atoms with Crippen molar-refractivity contribution in [1.29, 1.82) is 0 Å². The SMILES string of the molecule is COc1ccc(C)cc1-c1c(C)sc2nc(SCCF)[nH]c(=O)c12. The van der Waals surface area contributed by atoms with Gasteiger partial charge in [0.1, 0.15) is 10.6 Å². The molecule has 0 radical (unpaired) electrons. The van der Waals surface area contributed by atoms with Gasteiger partial charge < -0.3 is 9.72 Å². The van der Waals surface area contributed by atoms with Crippen LogP contribution in [0.3, 0.4) is 0 Å². The molecule has 0 saturated carbocycles. The fraction of sp³-hybridized carbons (Fsp3) is 0.294. The van der Waals surface area contributed by atoms with Crippen molar-refractivity contribution in [1.82, 2.24) is 9.97 Å². The third-order valence-electron chi connectivity index (χ3n) is 3.66. The predicted octanol–water partition coefficient (Wildman–Crippen LogP) is 4.34. The molecule has 3 rings (SSSR count). The van der Waals surface area contributed by atoms with Crippen LogP contribution in [-0.2, 0) is 0 Å². The average Bonchev–Trinajstić information content (AvgIpc) is 2.89. The number of thioether (sulfide) groups is 1. The molecule has 24 heavy (non-hydrogen) atoms. The third-order valence-corrected chi connectivity index (χ3v) is 5.48. The van der Waals surface area contributed by atoms with E-state index >= 15 is 0 Å². The molecule has 1 N–H and O–H groups in total. The Morgan fingerprint density at radius 1 is 1.38 bits per heavy atom. The number of halogens is 1. The summed E-state index contributed by atoms with van der Waals surface area (Å²) in [7, 11) is 1.62. The predicted molar refractivity (Wildman–Crippen MR) is 98.4 cm³/mol. The van der Waals surface area contributed by atoms with Crippen molar-refractivity contribution >= 4 is 33.3 Å². The van der Waals surface area contributed by atoms with E-state index in [9.17, 15) is 9.18 Å². The zero-order valence-corrected chi connectivity index (χ0v) is 15.2. The Balaban J connectivity index is 2.25. The van der Waals surface area contributed by atoms with Crippen LogP contribution in [0.2, 0.25) is 0 Å². The topological polar surface area (TPSA) is 55.0 Å². The van der Waals surface area contributed by atoms with Gasteiger partial charge in [-0.3, -0.25) is 9.18 Å². The lowest BCUT2D eigenvalue weighted by molar-refractivity contribution is 0.416. The molecule has 3 aromatic rings. The summed E-state index contributed by atoms with van der Waals surface area (Å²) in [6.07, 6.45) is 0. The van der Waals surface area contributed by atoms with E-state index in [1.165, 1.54) is 23.1 Å². The van der Waals surface area contributed by atoms with Gasteiger partial charge in [0.2, 0.25) is 0 Å². The smallest absolute Gasteiger partial charge is 0.260 e. The monoisotopic (exact) mass is 364 g/mol. The van der Waals surface area contributed by atoms with Crippen molar-refractivity contribution in [3.63, 3.8) is 0 Å². The summed E-state index contributed by atoms with van der Waals surface area (Å²) in [5.74, 6) is 0.996. The molecule has 7 heteroatoms. The molecule has 0 amide bonds. The second-order valence-electron chi connectivity index (χ2n) is 5.33. The van der Waals surface area contributed by atoms with E-state index in [1.807, 2.05) is 32.0 Å². The standard InChI is InChI=1S/C17H17FN2O2S2/c1-9-4-5-12(22-3)11(8-9)13-10(2)24-16-14(13)15(21)19-17(20-16)23-7-6-18/h4-5,8H,6-7H2,1-3H3,(H,19,20,21). The molecule has 0 unspecified atom stereocenters. The number of alkyl halides is 1. The highest BCUT2D eigenvalue weighted by Crippen LogP contribution is 2.40. The molecule has 0 spiro atoms. The molecule has 0 bridgehead atoms. The number of rotatable bonds is 5. The van der Waals surface area contributed by atoms with Gasteiger partial charge in [-0.05, 0) is 26.0 Å². The number of methoxy groups -OCH3 is 1. The van der Waals surface area contributed by atoms with Crippen molar-refractivity contribution < 1.29 is 9.13 Å². The Morgan fingerprint density at radius 3 is 2.88 bits per heavy atom. The summed E-state index contributed by atoms with van der Waals surface area (Å²) in [5, 5.41) is 1.01. The number of aromatic amines is 1. The molecule has 4 nitrogen and oxygen atoms in total. The highest BCUT2D eigenvalue weighted by Gasteiger charge is 2.19. The van der Waals surface area contributed by atoms with Crippen molar-refractivity contribution in [2.45, 2.75) is 19.0 Å². The number of thiophene rings is 1. The molecule has 2 heterocycles. The molecule has 0 fully saturated rings. The largest absolute Gasteiger partial charge is 0.496 e. The number of aryl methyl sites for hydroxylation is 2. The molecule has 0 aliphatic rings. The minimum absolute atomic E-state index is 0.204. The molecule has 1 aromatic carbocycles. The number of hydrogen-bond donors (Lipinski definition) is 1. The number of aromatic nitrogens is 2. The van der Waals surface area contributed by atoms with Gasteiger partial charge in [0, 0.05) is 21.8 Å². The summed E-state index contributed by atoms with van der Waals surface area (Å²) in [6, 6.07) is 5.89. The van der Waals surface area contributed by atoms with Gasteiger partial charge in [-0.2, -0.15) is 0 Å². The van der Waals surface area contributed by atoms with Crippen LogP contribution >= 0.6 is 23.1 Å². The Kier molecular flexibility index (Phi) is 4.91. The molecule has 0 saturated heterocycles. The molecular weight excluding hydrogens is 347 g/mol. The van der Waals surface area contributed by atoms with Crippen LogP contribution in [0, 0.1) is 13.8 Å². The van der Waals surface area contributed by atoms with Gasteiger partial charge in [0.25, 0.3) is 5.56 Å². The first-order chi connectivity index (χ1) is 11.5. The van der Waals surface area contributed by atoms with Gasteiger partial charge in [0.15, 0.2) is 5.16 Å². The number of nitrogens with zero attached hydrogens (tertiary/aromatic N) is 1. The Bertz CT molecular complexity index is 950. The van der Waals surface area contributed by atoms with E-state index in [1.54, 1.807) is 7.11 Å². The zero-order valence-electron chi connectivity index (χ0n) is 13.6. The second kappa shape index (κ2) is 6.94. The lowest BCUT2D eigenvalue weighted by Gasteiger charge is -2.10. The number of nitrogens with one attached hydrogen (secondary N) is 1. The van der Waals surface area contributed by atoms with Gasteiger partial charge >= 0.3 is 0 Å². The number of benzene rings is 1. The van der Waals surface area contributed by atoms with E-state index in [2.05, 4.69) is 9.97 Å². The Labute approximate surface area is 147 Å². The van der Waals surface area contributed by atoms with Crippen LogP contribution in [0.5, 0.6) is 5.75 Å². The molecular formula is C17H17FN2O2S2. The van der Waals surface area contributed by atoms with Crippen molar-refractivity contribution in [3.8, 4) is 16.9 Å². The fourth-order valence-electron chi connectivity index (χ4n) is 2.64. The first-order valence-electron chi connectivity index (χ1n) is 7.42. The summed E-state index contributed by atoms with van der Waals surface area (Å²) >= 11 is 2.68. The minimum atomic E-state index is -0.457. The van der Waals surface area contributed by atoms with E-state index in [-0.39, 0.29) is 11.3 Å². The maximum atomic E-state index is 12.6. The number of fused-ring (bicyclic) bond motifs is 1. The normalized spacial score (nSPS) is 11.2. The van der Waals surface area contributed by atoms with Crippen LogP contribution in [0.1, 0.15) is 10.4 Å². The summed E-state index contributed by atoms with van der Waals surface area (Å²) in [6.45, 7) is 3.51. The van der Waals surface area contributed by atoms with Crippen LogP contribution in [-0.4, -0.2) is 29.5 Å². The molecule has 0 aliphatic heterocycles. The van der Waals surface area contributed by atoms with E-state index in [0.717, 1.165) is 27.3 Å². The van der Waals surface area contributed by atoms with Gasteiger partial charge in [-0.15, -0.1) is 11.3 Å². The lowest BCUT2D eigenvalue weighted by Crippen LogP contribution is -2.09. The summed E-state index contributed by atoms with van der Waals surface area (Å²) in [4.78, 5) is 21.5. The zero-order chi connectivity index (χ0) is 17.3. The first-order valence-corrected chi connectivity index (χ1v) is 9.22. The Hall–Kier alpha value is -1.86. The highest BCUT2D eigenvalue weighted by molar-refractivity contribution is 7.99. The highest BCUT2D eigenvalue weighted by atomic mass is 32.2. The van der Waals surface area contributed by atoms with Crippen molar-refractivity contribution in [2.75, 3.05) is 19.5 Å². The van der Waals surface area contributed by atoms with Gasteiger partial charge in [-0.25, -0.2) is 4.98 Å². The first kappa shape index (κ1) is 17.0. The molecule has 126 valence electrons. The van der Waals surface area contributed by atoms with Crippen LogP contribution < -0.4 is 10.3 Å². The quantitative estimate of drug-likeness (QED) is 0.540. The molecule has 0 atom stereocenters. The third kappa shape index (κ3) is 3.06. The second-order valence-corrected chi connectivity index (χ2v) is 7.61. The van der Waals surface area contributed by atoms with Gasteiger partial charge in [-0.1, -0.05) is 23.4 Å². The molecule has 2 aromatic heterocycles. The molecule has 0 aliphatic carbocycles. The maximum absolute atomic E-state index is 12.6. The van der Waals surface area contributed by atoms with Crippen LogP contribution in [0.4, 0.5) is 4.39 Å². The minimum Gasteiger partial charge on any atom is -0.496 e. The summed E-state index contributed by atoms with van der Waals surface area (Å²) in [5.41, 5.74) is 2.62. The van der Waals surface area contributed by atoms with E-state index in [0.29, 0.717) is 15.4 Å². The van der Waals surface area contributed by atoms with Crippen LogP contribution in [0.25, 0.3) is 21.3 Å². The number of ether oxygens (including phenoxy) is 1. The van der Waals surface area contributed by atoms with E-state index in [4.69, 9.17) is 4.74 Å². The average molecular weight is 364 g/mol. The van der Waals surface area contributed by atoms with Crippen molar-refractivity contribution in [3.05, 3.63) is 39.0 Å². The van der Waals surface area contributed by atoms with Gasteiger partial charge in [0.05, 0.1) is 19.2 Å². The van der Waals surface area contributed by atoms with E-state index < -0.39 is 6.67 Å². The summed E-state index contributed by atoms with van der Waals surface area (Å²) < 4.78 is 17.8. The number of H-pyrrole nitrogens is 1. The van der Waals surface area contributed by atoms with Crippen LogP contribution in [0.15, 0.2) is 28.2 Å². The fourth-order valence-corrected chi connectivity index (χ4v) is 4.33. The lowest BCUT2D eigenvalue weighted by atomic mass is 10.0. The van der Waals surface area contributed by atoms with Crippen molar-refractivity contribution in [2.24, 2.45) is 0 Å². The Morgan fingerprint density at radius 2 is 2.17 bits per heavy atom.